The Morgan fingerprint density at radius 1 is 0.738 bits per heavy atom. The molecule has 0 spiro atoms. The van der Waals surface area contributed by atoms with Gasteiger partial charge in [0.15, 0.2) is 12.4 Å². The largest absolute Gasteiger partial charge is 0.396 e. The van der Waals surface area contributed by atoms with E-state index in [1.165, 1.54) is 83.5 Å². The molecule has 8 atom stereocenters. The van der Waals surface area contributed by atoms with Crippen molar-refractivity contribution in [3.63, 3.8) is 0 Å². The van der Waals surface area contributed by atoms with E-state index in [1.54, 1.807) is 0 Å². The first-order chi connectivity index (χ1) is 20.3. The number of aliphatic hydroxyl groups is 7. The van der Waals surface area contributed by atoms with Crippen LogP contribution in [0, 0.1) is 0 Å². The van der Waals surface area contributed by atoms with Crippen molar-refractivity contribution in [1.82, 2.24) is 5.32 Å². The highest BCUT2D eigenvalue weighted by Crippen LogP contribution is 2.25. The number of hydrogen-bond donors (Lipinski definition) is 8. The van der Waals surface area contributed by atoms with Gasteiger partial charge in [-0.25, -0.2) is 0 Å². The lowest BCUT2D eigenvalue weighted by Crippen LogP contribution is -2.60. The first kappa shape index (κ1) is 39.1. The molecule has 1 heterocycles. The first-order valence-corrected chi connectivity index (χ1v) is 16.5. The highest BCUT2D eigenvalue weighted by atomic mass is 16.7. The molecule has 1 aliphatic rings. The van der Waals surface area contributed by atoms with Crippen LogP contribution in [0.3, 0.4) is 0 Å². The Labute approximate surface area is 252 Å². The van der Waals surface area contributed by atoms with Gasteiger partial charge in [0.05, 0.1) is 12.7 Å². The van der Waals surface area contributed by atoms with Crippen LogP contribution in [0.2, 0.25) is 0 Å². The Morgan fingerprint density at radius 3 is 1.67 bits per heavy atom. The molecule has 1 fully saturated rings. The number of nitrogens with one attached hydrogen (secondary N) is 1. The summed E-state index contributed by atoms with van der Waals surface area (Å²) in [4.78, 5) is 12.4. The highest BCUT2D eigenvalue weighted by molar-refractivity contribution is 5.81. The van der Waals surface area contributed by atoms with Crippen molar-refractivity contribution in [2.45, 2.75) is 172 Å². The van der Waals surface area contributed by atoms with E-state index >= 15 is 0 Å². The van der Waals surface area contributed by atoms with Gasteiger partial charge in [0.1, 0.15) is 30.5 Å². The van der Waals surface area contributed by atoms with Crippen molar-refractivity contribution in [1.29, 1.82) is 0 Å². The van der Waals surface area contributed by atoms with Crippen molar-refractivity contribution in [2.75, 3.05) is 19.8 Å². The molecule has 0 aromatic heterocycles. The predicted octanol–water partition coefficient (Wildman–Crippen LogP) is 2.04. The van der Waals surface area contributed by atoms with E-state index in [2.05, 4.69) is 12.2 Å². The van der Waals surface area contributed by atoms with Crippen molar-refractivity contribution in [2.24, 2.45) is 0 Å². The lowest BCUT2D eigenvalue weighted by atomic mass is 9.98. The smallest absolute Gasteiger partial charge is 0.251 e. The Kier molecular flexibility index (Phi) is 22.8. The molecule has 42 heavy (non-hydrogen) atoms. The second kappa shape index (κ2) is 24.4. The number of carbonyl (C=O) groups excluding carboxylic acids is 1. The predicted molar refractivity (Wildman–Crippen MR) is 160 cm³/mol. The number of rotatable bonds is 26. The van der Waals surface area contributed by atoms with Gasteiger partial charge in [-0.2, -0.15) is 0 Å². The zero-order valence-electron chi connectivity index (χ0n) is 25.8. The number of aliphatic hydroxyl groups excluding tert-OH is 7. The summed E-state index contributed by atoms with van der Waals surface area (Å²) in [6.45, 7) is 1.47. The van der Waals surface area contributed by atoms with Crippen LogP contribution in [0.25, 0.3) is 0 Å². The second-order valence-electron chi connectivity index (χ2n) is 11.8. The monoisotopic (exact) mass is 607 g/mol. The number of unbranched alkanes of at least 4 members (excludes halogenated alkanes) is 16. The first-order valence-electron chi connectivity index (χ1n) is 16.5. The summed E-state index contributed by atoms with van der Waals surface area (Å²) >= 11 is 0. The maximum Gasteiger partial charge on any atom is 0.251 e. The minimum Gasteiger partial charge on any atom is -0.396 e. The Morgan fingerprint density at radius 2 is 1.21 bits per heavy atom. The van der Waals surface area contributed by atoms with E-state index in [0.29, 0.717) is 6.54 Å². The number of hydrogen-bond acceptors (Lipinski definition) is 10. The molecular weight excluding hydrogens is 546 g/mol. The molecule has 0 aromatic carbocycles. The molecule has 250 valence electrons. The average Bonchev–Trinajstić information content (AvgIpc) is 2.99. The molecule has 11 nitrogen and oxygen atoms in total. The molecule has 0 aliphatic carbocycles. The van der Waals surface area contributed by atoms with E-state index in [1.807, 2.05) is 0 Å². The zero-order chi connectivity index (χ0) is 31.2. The fourth-order valence-corrected chi connectivity index (χ4v) is 5.32. The second-order valence-corrected chi connectivity index (χ2v) is 11.8. The molecule has 8 N–H and O–H groups in total. The zero-order valence-corrected chi connectivity index (χ0v) is 25.8. The van der Waals surface area contributed by atoms with Gasteiger partial charge in [0.25, 0.3) is 5.91 Å². The summed E-state index contributed by atoms with van der Waals surface area (Å²) in [6, 6.07) is 0. The summed E-state index contributed by atoms with van der Waals surface area (Å²) in [5.41, 5.74) is 0. The molecule has 1 amide bonds. The van der Waals surface area contributed by atoms with Crippen molar-refractivity contribution < 1.29 is 50.0 Å². The van der Waals surface area contributed by atoms with Crippen LogP contribution in [0.15, 0.2) is 0 Å². The molecule has 0 saturated carbocycles. The molecule has 11 heteroatoms. The Bertz CT molecular complexity index is 655. The lowest BCUT2D eigenvalue weighted by molar-refractivity contribution is -0.319. The molecule has 1 saturated heterocycles. The van der Waals surface area contributed by atoms with E-state index < -0.39 is 68.1 Å². The third-order valence-corrected chi connectivity index (χ3v) is 8.12. The van der Waals surface area contributed by atoms with Crippen LogP contribution >= 0.6 is 0 Å². The van der Waals surface area contributed by atoms with E-state index in [-0.39, 0.29) is 6.42 Å². The average molecular weight is 608 g/mol. The van der Waals surface area contributed by atoms with Gasteiger partial charge in [-0.05, 0) is 12.8 Å². The van der Waals surface area contributed by atoms with E-state index in [0.717, 1.165) is 25.7 Å². The van der Waals surface area contributed by atoms with Gasteiger partial charge < -0.3 is 50.5 Å². The maximum atomic E-state index is 12.4. The molecular formula is C31H61NO10. The van der Waals surface area contributed by atoms with Crippen LogP contribution in [-0.4, -0.2) is 110 Å². The van der Waals surface area contributed by atoms with Crippen molar-refractivity contribution >= 4 is 5.91 Å². The lowest BCUT2D eigenvalue weighted by Gasteiger charge is -2.41. The molecule has 0 aromatic rings. The number of carbonyl (C=O) groups is 1. The van der Waals surface area contributed by atoms with Crippen LogP contribution in [0.5, 0.6) is 0 Å². The van der Waals surface area contributed by atoms with Gasteiger partial charge in [-0.1, -0.05) is 110 Å². The molecule has 8 unspecified atom stereocenters. The molecule has 0 bridgehead atoms. The summed E-state index contributed by atoms with van der Waals surface area (Å²) in [7, 11) is 0. The Balaban J connectivity index is 2.15. The van der Waals surface area contributed by atoms with Crippen molar-refractivity contribution in [3.05, 3.63) is 0 Å². The van der Waals surface area contributed by atoms with Gasteiger partial charge in [0, 0.05) is 13.2 Å². The SMILES string of the molecule is CCCCCCCCCCCCCCCCCCCNC(=O)C(O)C(O)C(CCO)OC1OC(CO)C(O)C(O)C1O. The fourth-order valence-electron chi connectivity index (χ4n) is 5.32. The number of ether oxygens (including phenoxy) is 2. The number of amides is 1. The normalized spacial score (nSPS) is 24.8. The topological polar surface area (TPSA) is 189 Å². The van der Waals surface area contributed by atoms with E-state index in [4.69, 9.17) is 9.47 Å². The quantitative estimate of drug-likeness (QED) is 0.0676. The van der Waals surface area contributed by atoms with E-state index in [9.17, 15) is 40.5 Å². The summed E-state index contributed by atoms with van der Waals surface area (Å²) in [5.74, 6) is -0.792. The fraction of sp³-hybridized carbons (Fsp3) is 0.968. The molecule has 1 rings (SSSR count). The van der Waals surface area contributed by atoms with Gasteiger partial charge in [-0.3, -0.25) is 4.79 Å². The maximum absolute atomic E-state index is 12.4. The minimum absolute atomic E-state index is 0.209. The highest BCUT2D eigenvalue weighted by Gasteiger charge is 2.46. The third kappa shape index (κ3) is 15.7. The molecule has 1 aliphatic heterocycles. The van der Waals surface area contributed by atoms with Crippen LogP contribution < -0.4 is 5.32 Å². The van der Waals surface area contributed by atoms with Crippen LogP contribution in [-0.2, 0) is 14.3 Å². The van der Waals surface area contributed by atoms with Crippen LogP contribution in [0.4, 0.5) is 0 Å². The van der Waals surface area contributed by atoms with Crippen molar-refractivity contribution in [3.8, 4) is 0 Å². The Hall–Kier alpha value is -0.890. The molecule has 0 radical (unpaired) electrons. The minimum atomic E-state index is -1.86. The van der Waals surface area contributed by atoms with Gasteiger partial charge >= 0.3 is 0 Å². The van der Waals surface area contributed by atoms with Gasteiger partial charge in [-0.15, -0.1) is 0 Å². The standard InChI is InChI=1S/C31H61NO10/c1-2-3-4-5-6-7-8-9-10-11-12-13-14-15-16-17-18-20-32-30(40)28(38)25(35)23(19-21-33)41-31-29(39)27(37)26(36)24(22-34)42-31/h23-29,31,33-39H,2-22H2,1H3,(H,32,40). The summed E-state index contributed by atoms with van der Waals surface area (Å²) in [5, 5.41) is 72.2. The third-order valence-electron chi connectivity index (χ3n) is 8.12. The van der Waals surface area contributed by atoms with Crippen LogP contribution in [0.1, 0.15) is 122 Å². The summed E-state index contributed by atoms with van der Waals surface area (Å²) < 4.78 is 10.7. The van der Waals surface area contributed by atoms with Gasteiger partial charge in [0.2, 0.25) is 0 Å². The summed E-state index contributed by atoms with van der Waals surface area (Å²) in [6.07, 6.45) is 8.37.